The molecule has 3 aromatic rings. The first kappa shape index (κ1) is 14.0. The molecule has 21 heavy (non-hydrogen) atoms. The van der Waals surface area contributed by atoms with Crippen LogP contribution in [-0.4, -0.2) is 22.4 Å². The van der Waals surface area contributed by atoms with Crippen molar-refractivity contribution in [3.05, 3.63) is 34.1 Å². The van der Waals surface area contributed by atoms with Crippen molar-refractivity contribution in [3.8, 4) is 0 Å². The maximum Gasteiger partial charge on any atom is 0.327 e. The van der Waals surface area contributed by atoms with Crippen LogP contribution < -0.4 is 0 Å². The molecule has 7 heteroatoms. The minimum absolute atomic E-state index is 0.0116. The minimum atomic E-state index is -0.357. The van der Waals surface area contributed by atoms with Crippen molar-refractivity contribution in [2.24, 2.45) is 0 Å². The SMILES string of the molecule is CCOC(=O)Cn1ncc2c(=S)oc3ccc(Cl)cc3c21. The molecule has 2 aromatic heterocycles. The highest BCUT2D eigenvalue weighted by atomic mass is 35.5. The highest BCUT2D eigenvalue weighted by molar-refractivity contribution is 7.71. The van der Waals surface area contributed by atoms with Gasteiger partial charge in [0.2, 0.25) is 4.71 Å². The van der Waals surface area contributed by atoms with Gasteiger partial charge in [0, 0.05) is 10.4 Å². The lowest BCUT2D eigenvalue weighted by Gasteiger charge is -2.06. The average Bonchev–Trinajstić information content (AvgIpc) is 2.85. The number of esters is 1. The molecule has 5 nitrogen and oxygen atoms in total. The van der Waals surface area contributed by atoms with E-state index in [9.17, 15) is 4.79 Å². The fourth-order valence-corrected chi connectivity index (χ4v) is 2.61. The number of carbonyl (C=O) groups excluding carboxylic acids is 1. The third kappa shape index (κ3) is 2.52. The van der Waals surface area contributed by atoms with Gasteiger partial charge in [-0.15, -0.1) is 0 Å². The molecule has 0 fully saturated rings. The summed E-state index contributed by atoms with van der Waals surface area (Å²) < 4.78 is 12.4. The molecule has 0 radical (unpaired) electrons. The predicted molar refractivity (Wildman–Crippen MR) is 82.0 cm³/mol. The van der Waals surface area contributed by atoms with E-state index >= 15 is 0 Å². The van der Waals surface area contributed by atoms with Gasteiger partial charge in [-0.1, -0.05) is 11.6 Å². The van der Waals surface area contributed by atoms with Gasteiger partial charge in [-0.2, -0.15) is 5.10 Å². The zero-order valence-electron chi connectivity index (χ0n) is 11.1. The van der Waals surface area contributed by atoms with Crippen molar-refractivity contribution in [2.45, 2.75) is 13.5 Å². The predicted octanol–water partition coefficient (Wildman–Crippen LogP) is 3.73. The molecule has 0 saturated heterocycles. The smallest absolute Gasteiger partial charge is 0.327 e. The Morgan fingerprint density at radius 2 is 2.29 bits per heavy atom. The number of fused-ring (bicyclic) bond motifs is 3. The van der Waals surface area contributed by atoms with E-state index in [-0.39, 0.29) is 12.5 Å². The van der Waals surface area contributed by atoms with Crippen LogP contribution in [0.4, 0.5) is 0 Å². The fourth-order valence-electron chi connectivity index (χ4n) is 2.20. The molecule has 0 aliphatic heterocycles. The summed E-state index contributed by atoms with van der Waals surface area (Å²) in [6.45, 7) is 2.10. The Bertz CT molecular complexity index is 900. The number of benzene rings is 1. The number of aromatic nitrogens is 2. The highest BCUT2D eigenvalue weighted by Gasteiger charge is 2.14. The van der Waals surface area contributed by atoms with Crippen molar-refractivity contribution in [1.82, 2.24) is 9.78 Å². The van der Waals surface area contributed by atoms with E-state index in [1.807, 2.05) is 0 Å². The van der Waals surface area contributed by atoms with Gasteiger partial charge < -0.3 is 9.15 Å². The van der Waals surface area contributed by atoms with Crippen molar-refractivity contribution in [1.29, 1.82) is 0 Å². The lowest BCUT2D eigenvalue weighted by Crippen LogP contribution is -2.14. The normalized spacial score (nSPS) is 11.1. The standard InChI is InChI=1S/C14H11ClN2O3S/c1-2-19-12(18)7-17-13-9-5-8(15)3-4-11(9)20-14(21)10(13)6-16-17/h3-6H,2,7H2,1H3. The van der Waals surface area contributed by atoms with Crippen LogP contribution in [-0.2, 0) is 16.1 Å². The maximum absolute atomic E-state index is 11.7. The molecule has 0 spiro atoms. The highest BCUT2D eigenvalue weighted by Crippen LogP contribution is 2.29. The van der Waals surface area contributed by atoms with E-state index in [1.165, 1.54) is 0 Å². The van der Waals surface area contributed by atoms with Crippen LogP contribution in [0, 0.1) is 4.71 Å². The van der Waals surface area contributed by atoms with E-state index in [4.69, 9.17) is 33.0 Å². The van der Waals surface area contributed by atoms with Gasteiger partial charge in [0.25, 0.3) is 0 Å². The van der Waals surface area contributed by atoms with Gasteiger partial charge in [-0.3, -0.25) is 9.48 Å². The Morgan fingerprint density at radius 3 is 3.05 bits per heavy atom. The van der Waals surface area contributed by atoms with Crippen LogP contribution in [0.15, 0.2) is 28.8 Å². The second-order valence-corrected chi connectivity index (χ2v) is 5.21. The van der Waals surface area contributed by atoms with Gasteiger partial charge in [-0.25, -0.2) is 0 Å². The number of ether oxygens (including phenoxy) is 1. The minimum Gasteiger partial charge on any atom is -0.465 e. The van der Waals surface area contributed by atoms with Crippen LogP contribution >= 0.6 is 23.8 Å². The van der Waals surface area contributed by atoms with Gasteiger partial charge in [0.1, 0.15) is 12.1 Å². The summed E-state index contributed by atoms with van der Waals surface area (Å²) in [6, 6.07) is 5.23. The summed E-state index contributed by atoms with van der Waals surface area (Å²) in [7, 11) is 0. The molecular weight excluding hydrogens is 312 g/mol. The quantitative estimate of drug-likeness (QED) is 0.543. The molecule has 3 rings (SSSR count). The number of halogens is 1. The monoisotopic (exact) mass is 322 g/mol. The van der Waals surface area contributed by atoms with Crippen molar-refractivity contribution < 1.29 is 13.9 Å². The topological polar surface area (TPSA) is 57.3 Å². The largest absolute Gasteiger partial charge is 0.465 e. The number of hydrogen-bond acceptors (Lipinski definition) is 5. The molecule has 0 amide bonds. The molecule has 0 N–H and O–H groups in total. The van der Waals surface area contributed by atoms with E-state index in [2.05, 4.69) is 5.10 Å². The summed E-state index contributed by atoms with van der Waals surface area (Å²) >= 11 is 11.3. The lowest BCUT2D eigenvalue weighted by molar-refractivity contribution is -0.143. The maximum atomic E-state index is 11.7. The molecule has 2 heterocycles. The first-order valence-electron chi connectivity index (χ1n) is 6.33. The van der Waals surface area contributed by atoms with Gasteiger partial charge in [0.05, 0.1) is 23.7 Å². The summed E-state index contributed by atoms with van der Waals surface area (Å²) in [4.78, 5) is 11.7. The van der Waals surface area contributed by atoms with E-state index in [0.717, 1.165) is 10.9 Å². The number of rotatable bonds is 3. The second-order valence-electron chi connectivity index (χ2n) is 4.40. The van der Waals surface area contributed by atoms with Crippen LogP contribution in [0.5, 0.6) is 0 Å². The molecule has 0 bridgehead atoms. The molecular formula is C14H11ClN2O3S. The first-order chi connectivity index (χ1) is 10.1. The Balaban J connectivity index is 2.27. The summed E-state index contributed by atoms with van der Waals surface area (Å²) in [6.07, 6.45) is 1.58. The lowest BCUT2D eigenvalue weighted by atomic mass is 10.2. The Morgan fingerprint density at radius 1 is 1.48 bits per heavy atom. The number of hydrogen-bond donors (Lipinski definition) is 0. The van der Waals surface area contributed by atoms with Gasteiger partial charge in [0.15, 0.2) is 0 Å². The Kier molecular flexibility index (Phi) is 3.65. The Labute approximate surface area is 130 Å². The van der Waals surface area contributed by atoms with Crippen LogP contribution in [0.25, 0.3) is 21.9 Å². The van der Waals surface area contributed by atoms with Crippen LogP contribution in [0.1, 0.15) is 6.92 Å². The third-order valence-electron chi connectivity index (χ3n) is 3.04. The van der Waals surface area contributed by atoms with Gasteiger partial charge in [-0.05, 0) is 37.3 Å². The van der Waals surface area contributed by atoms with Gasteiger partial charge >= 0.3 is 5.97 Å². The number of nitrogens with zero attached hydrogens (tertiary/aromatic N) is 2. The van der Waals surface area contributed by atoms with E-state index < -0.39 is 0 Å². The van der Waals surface area contributed by atoms with Crippen LogP contribution in [0.3, 0.4) is 0 Å². The van der Waals surface area contributed by atoms with Crippen molar-refractivity contribution >= 4 is 51.7 Å². The van der Waals surface area contributed by atoms with Crippen LogP contribution in [0.2, 0.25) is 5.02 Å². The molecule has 0 atom stereocenters. The summed E-state index contributed by atoms with van der Waals surface area (Å²) in [5, 5.41) is 6.20. The molecule has 0 aliphatic rings. The zero-order chi connectivity index (χ0) is 15.0. The summed E-state index contributed by atoms with van der Waals surface area (Å²) in [5.74, 6) is -0.357. The van der Waals surface area contributed by atoms with Crippen molar-refractivity contribution in [2.75, 3.05) is 6.61 Å². The van der Waals surface area contributed by atoms with E-state index in [0.29, 0.717) is 27.3 Å². The molecule has 0 aliphatic carbocycles. The fraction of sp³-hybridized carbons (Fsp3) is 0.214. The Hall–Kier alpha value is -1.92. The number of carbonyl (C=O) groups is 1. The summed E-state index contributed by atoms with van der Waals surface area (Å²) in [5.41, 5.74) is 1.32. The third-order valence-corrected chi connectivity index (χ3v) is 3.58. The second kappa shape index (κ2) is 5.46. The average molecular weight is 323 g/mol. The molecule has 0 saturated carbocycles. The molecule has 0 unspecified atom stereocenters. The van der Waals surface area contributed by atoms with E-state index in [1.54, 1.807) is 36.0 Å². The molecule has 108 valence electrons. The zero-order valence-corrected chi connectivity index (χ0v) is 12.7. The molecule has 1 aromatic carbocycles. The first-order valence-corrected chi connectivity index (χ1v) is 7.12. The van der Waals surface area contributed by atoms with Crippen molar-refractivity contribution in [3.63, 3.8) is 0 Å².